The van der Waals surface area contributed by atoms with E-state index in [4.69, 9.17) is 5.73 Å². The zero-order chi connectivity index (χ0) is 20.7. The summed E-state index contributed by atoms with van der Waals surface area (Å²) in [4.78, 5) is 43.3. The van der Waals surface area contributed by atoms with Crippen LogP contribution in [-0.4, -0.2) is 29.4 Å². The Morgan fingerprint density at radius 2 is 2.00 bits per heavy atom. The molecule has 0 spiro atoms. The summed E-state index contributed by atoms with van der Waals surface area (Å²) in [7, 11) is 0. The second-order valence-corrected chi connectivity index (χ2v) is 8.42. The molecule has 0 saturated heterocycles. The summed E-state index contributed by atoms with van der Waals surface area (Å²) < 4.78 is 0.748. The van der Waals surface area contributed by atoms with Crippen LogP contribution in [0, 0.1) is 6.92 Å². The van der Waals surface area contributed by atoms with E-state index in [0.717, 1.165) is 21.8 Å². The lowest BCUT2D eigenvalue weighted by atomic mass is 10.1. The SMILES string of the molecule is Cc1ccccc1NC(=O)CN1C(=O)/C(=C2/SC(N)=NC2=O)c2cc(Br)ccc21. The number of carbonyl (C=O) groups is 3. The summed E-state index contributed by atoms with van der Waals surface area (Å²) in [5, 5.41) is 2.92. The van der Waals surface area contributed by atoms with Gasteiger partial charge in [-0.2, -0.15) is 4.99 Å². The summed E-state index contributed by atoms with van der Waals surface area (Å²) in [5.74, 6) is -1.32. The number of carbonyl (C=O) groups excluding carboxylic acids is 3. The number of anilines is 2. The number of aryl methyl sites for hydroxylation is 1. The molecule has 3 N–H and O–H groups in total. The molecule has 0 radical (unpaired) electrons. The number of aliphatic imine (C=N–C) groups is 1. The Labute approximate surface area is 179 Å². The first-order valence-electron chi connectivity index (χ1n) is 8.63. The lowest BCUT2D eigenvalue weighted by molar-refractivity contribution is -0.118. The molecule has 4 rings (SSSR count). The Bertz CT molecular complexity index is 1140. The first-order chi connectivity index (χ1) is 13.8. The van der Waals surface area contributed by atoms with Crippen molar-refractivity contribution in [2.75, 3.05) is 16.8 Å². The van der Waals surface area contributed by atoms with Crippen LogP contribution >= 0.6 is 27.7 Å². The van der Waals surface area contributed by atoms with Crippen molar-refractivity contribution in [3.8, 4) is 0 Å². The van der Waals surface area contributed by atoms with Crippen LogP contribution in [0.4, 0.5) is 11.4 Å². The Balaban J connectivity index is 1.68. The Morgan fingerprint density at radius 3 is 2.69 bits per heavy atom. The lowest BCUT2D eigenvalue weighted by Gasteiger charge is -2.17. The third kappa shape index (κ3) is 3.58. The number of rotatable bonds is 3. The third-order valence-electron chi connectivity index (χ3n) is 4.54. The van der Waals surface area contributed by atoms with Gasteiger partial charge in [-0.05, 0) is 48.5 Å². The number of thioether (sulfide) groups is 1. The van der Waals surface area contributed by atoms with Gasteiger partial charge >= 0.3 is 0 Å². The predicted molar refractivity (Wildman–Crippen MR) is 117 cm³/mol. The van der Waals surface area contributed by atoms with Crippen molar-refractivity contribution in [1.29, 1.82) is 0 Å². The number of nitrogens with one attached hydrogen (secondary N) is 1. The number of amidine groups is 1. The van der Waals surface area contributed by atoms with Gasteiger partial charge in [-0.25, -0.2) is 0 Å². The molecule has 3 amide bonds. The molecule has 9 heteroatoms. The van der Waals surface area contributed by atoms with E-state index in [9.17, 15) is 14.4 Å². The largest absolute Gasteiger partial charge is 0.378 e. The zero-order valence-corrected chi connectivity index (χ0v) is 17.6. The molecule has 0 aliphatic carbocycles. The quantitative estimate of drug-likeness (QED) is 0.670. The van der Waals surface area contributed by atoms with Gasteiger partial charge < -0.3 is 11.1 Å². The van der Waals surface area contributed by atoms with E-state index in [-0.39, 0.29) is 28.1 Å². The average Bonchev–Trinajstić information content (AvgIpc) is 3.12. The van der Waals surface area contributed by atoms with E-state index in [1.807, 2.05) is 25.1 Å². The molecule has 0 bridgehead atoms. The van der Waals surface area contributed by atoms with Crippen molar-refractivity contribution in [3.05, 3.63) is 63.0 Å². The number of amides is 3. The monoisotopic (exact) mass is 470 g/mol. The van der Waals surface area contributed by atoms with Crippen molar-refractivity contribution in [2.45, 2.75) is 6.92 Å². The summed E-state index contributed by atoms with van der Waals surface area (Å²) in [6.45, 7) is 1.70. The summed E-state index contributed by atoms with van der Waals surface area (Å²) >= 11 is 4.36. The molecule has 7 nitrogen and oxygen atoms in total. The predicted octanol–water partition coefficient (Wildman–Crippen LogP) is 3.04. The van der Waals surface area contributed by atoms with E-state index in [2.05, 4.69) is 26.2 Å². The molecule has 2 heterocycles. The molecule has 0 fully saturated rings. The summed E-state index contributed by atoms with van der Waals surface area (Å²) in [6.07, 6.45) is 0. The Kier molecular flexibility index (Phi) is 5.01. The number of benzene rings is 2. The number of fused-ring (bicyclic) bond motifs is 1. The van der Waals surface area contributed by atoms with Gasteiger partial charge in [0.15, 0.2) is 5.17 Å². The van der Waals surface area contributed by atoms with E-state index >= 15 is 0 Å². The van der Waals surface area contributed by atoms with Gasteiger partial charge in [-0.15, -0.1) is 0 Å². The molecular weight excluding hydrogens is 456 g/mol. The summed E-state index contributed by atoms with van der Waals surface area (Å²) in [5.41, 5.74) is 8.58. The minimum absolute atomic E-state index is 0.0950. The van der Waals surface area contributed by atoms with Crippen molar-refractivity contribution in [2.24, 2.45) is 10.7 Å². The van der Waals surface area contributed by atoms with Gasteiger partial charge in [-0.3, -0.25) is 19.3 Å². The second-order valence-electron chi connectivity index (χ2n) is 6.48. The maximum absolute atomic E-state index is 13.2. The van der Waals surface area contributed by atoms with Crippen molar-refractivity contribution in [1.82, 2.24) is 0 Å². The fourth-order valence-electron chi connectivity index (χ4n) is 3.21. The van der Waals surface area contributed by atoms with Crippen LogP contribution in [0.2, 0.25) is 0 Å². The molecule has 2 aromatic rings. The minimum Gasteiger partial charge on any atom is -0.378 e. The van der Waals surface area contributed by atoms with Crippen LogP contribution in [0.25, 0.3) is 5.57 Å². The van der Waals surface area contributed by atoms with Crippen LogP contribution in [-0.2, 0) is 14.4 Å². The number of para-hydroxylation sites is 1. The molecule has 0 aromatic heterocycles. The Hall–Kier alpha value is -2.91. The number of nitrogens with zero attached hydrogens (tertiary/aromatic N) is 2. The molecule has 0 atom stereocenters. The minimum atomic E-state index is -0.548. The topological polar surface area (TPSA) is 105 Å². The molecule has 0 unspecified atom stereocenters. The van der Waals surface area contributed by atoms with Crippen LogP contribution in [0.15, 0.2) is 56.8 Å². The highest BCUT2D eigenvalue weighted by molar-refractivity contribution is 9.10. The standard InChI is InChI=1S/C20H15BrN4O3S/c1-10-4-2-3-5-13(10)23-15(26)9-25-14-7-6-11(21)8-12(14)16(19(25)28)17-18(27)24-20(22)29-17/h2-8H,9H2,1H3,(H,23,26)(H2,22,24,27)/b17-16+. The second kappa shape index (κ2) is 7.49. The van der Waals surface area contributed by atoms with Gasteiger partial charge in [0.2, 0.25) is 5.91 Å². The van der Waals surface area contributed by atoms with Crippen LogP contribution in [0.5, 0.6) is 0 Å². The average molecular weight is 471 g/mol. The number of hydrogen-bond donors (Lipinski definition) is 2. The van der Waals surface area contributed by atoms with Crippen LogP contribution in [0.3, 0.4) is 0 Å². The number of hydrogen-bond acceptors (Lipinski definition) is 5. The van der Waals surface area contributed by atoms with Crippen molar-refractivity contribution < 1.29 is 14.4 Å². The maximum atomic E-state index is 13.2. The van der Waals surface area contributed by atoms with E-state index in [1.165, 1.54) is 4.90 Å². The third-order valence-corrected chi connectivity index (χ3v) is 5.91. The highest BCUT2D eigenvalue weighted by Gasteiger charge is 2.39. The highest BCUT2D eigenvalue weighted by atomic mass is 79.9. The molecule has 29 heavy (non-hydrogen) atoms. The van der Waals surface area contributed by atoms with E-state index < -0.39 is 11.8 Å². The zero-order valence-electron chi connectivity index (χ0n) is 15.2. The molecule has 146 valence electrons. The van der Waals surface area contributed by atoms with E-state index in [0.29, 0.717) is 16.9 Å². The number of halogens is 1. The molecule has 2 aliphatic rings. The molecule has 2 aromatic carbocycles. The van der Waals surface area contributed by atoms with Gasteiger partial charge in [0.05, 0.1) is 16.2 Å². The fourth-order valence-corrected chi connectivity index (χ4v) is 4.34. The first kappa shape index (κ1) is 19.4. The van der Waals surface area contributed by atoms with Gasteiger partial charge in [0.25, 0.3) is 11.8 Å². The molecule has 0 saturated carbocycles. The maximum Gasteiger partial charge on any atom is 0.287 e. The fraction of sp³-hybridized carbons (Fsp3) is 0.100. The van der Waals surface area contributed by atoms with Gasteiger partial charge in [0, 0.05) is 15.7 Å². The van der Waals surface area contributed by atoms with Crippen molar-refractivity contribution >= 4 is 67.5 Å². The van der Waals surface area contributed by atoms with Crippen molar-refractivity contribution in [3.63, 3.8) is 0 Å². The smallest absolute Gasteiger partial charge is 0.287 e. The normalized spacial score (nSPS) is 18.1. The molecule has 2 aliphatic heterocycles. The van der Waals surface area contributed by atoms with Gasteiger partial charge in [-0.1, -0.05) is 34.1 Å². The van der Waals surface area contributed by atoms with Crippen LogP contribution in [0.1, 0.15) is 11.1 Å². The van der Waals surface area contributed by atoms with E-state index in [1.54, 1.807) is 24.3 Å². The highest BCUT2D eigenvalue weighted by Crippen LogP contribution is 2.43. The lowest BCUT2D eigenvalue weighted by Crippen LogP contribution is -2.35. The van der Waals surface area contributed by atoms with Gasteiger partial charge in [0.1, 0.15) is 6.54 Å². The Morgan fingerprint density at radius 1 is 1.24 bits per heavy atom. The first-order valence-corrected chi connectivity index (χ1v) is 10.2. The van der Waals surface area contributed by atoms with Crippen LogP contribution < -0.4 is 16.0 Å². The molecular formula is C20H15BrN4O3S. The summed E-state index contributed by atoms with van der Waals surface area (Å²) in [6, 6.07) is 12.7. The number of nitrogens with two attached hydrogens (primary N) is 1.